The summed E-state index contributed by atoms with van der Waals surface area (Å²) in [5.74, 6) is -0.293. The molecule has 0 bridgehead atoms. The first-order valence-electron chi connectivity index (χ1n) is 8.32. The van der Waals surface area contributed by atoms with Gasteiger partial charge in [-0.3, -0.25) is 4.79 Å². The van der Waals surface area contributed by atoms with Crippen LogP contribution in [0.4, 0.5) is 0 Å². The molecule has 0 unspecified atom stereocenters. The van der Waals surface area contributed by atoms with Crippen molar-refractivity contribution in [2.75, 3.05) is 0 Å². The van der Waals surface area contributed by atoms with Gasteiger partial charge in [-0.25, -0.2) is 13.8 Å². The molecule has 0 saturated heterocycles. The molecule has 0 fully saturated rings. The predicted molar refractivity (Wildman–Crippen MR) is 109 cm³/mol. The summed E-state index contributed by atoms with van der Waals surface area (Å²) < 4.78 is 28.6. The maximum absolute atomic E-state index is 12.6. The fraction of sp³-hybridized carbons (Fsp3) is 0.529. The molecule has 0 saturated carbocycles. The maximum atomic E-state index is 12.6. The second kappa shape index (κ2) is 10.2. The van der Waals surface area contributed by atoms with Gasteiger partial charge in [0.05, 0.1) is 4.90 Å². The molecular weight excluding hydrogens is 453 g/mol. The average molecular weight is 479 g/mol. The van der Waals surface area contributed by atoms with E-state index in [1.807, 2.05) is 27.7 Å². The Morgan fingerprint density at radius 1 is 1.16 bits per heavy atom. The maximum Gasteiger partial charge on any atom is 0.258 e. The molecule has 0 aliphatic carbocycles. The molecule has 1 aromatic carbocycles. The minimum absolute atomic E-state index is 0.140. The minimum atomic E-state index is -3.78. The third-order valence-corrected chi connectivity index (χ3v) is 5.79. The van der Waals surface area contributed by atoms with Crippen molar-refractivity contribution in [3.63, 3.8) is 0 Å². The van der Waals surface area contributed by atoms with Crippen molar-refractivity contribution in [2.24, 2.45) is 11.0 Å². The van der Waals surface area contributed by atoms with Crippen molar-refractivity contribution in [2.45, 2.75) is 57.9 Å². The Hall–Kier alpha value is -1.000. The Bertz CT molecular complexity index is 694. The Morgan fingerprint density at radius 3 is 2.20 bits per heavy atom. The lowest BCUT2D eigenvalue weighted by Gasteiger charge is -2.19. The summed E-state index contributed by atoms with van der Waals surface area (Å²) in [6, 6.07) is 5.61. The Labute approximate surface area is 164 Å². The molecule has 6 nitrogen and oxygen atoms in total. The van der Waals surface area contributed by atoms with Gasteiger partial charge >= 0.3 is 0 Å². The highest BCUT2D eigenvalue weighted by molar-refractivity contribution is 14.1. The first-order chi connectivity index (χ1) is 11.7. The summed E-state index contributed by atoms with van der Waals surface area (Å²) >= 11 is 2.11. The van der Waals surface area contributed by atoms with Crippen LogP contribution in [0.1, 0.15) is 47.0 Å². The van der Waals surface area contributed by atoms with Crippen LogP contribution >= 0.6 is 22.6 Å². The van der Waals surface area contributed by atoms with Gasteiger partial charge in [0.25, 0.3) is 5.91 Å². The zero-order valence-electron chi connectivity index (χ0n) is 15.0. The largest absolute Gasteiger partial charge is 0.271 e. The fourth-order valence-corrected chi connectivity index (χ4v) is 3.74. The summed E-state index contributed by atoms with van der Waals surface area (Å²) in [6.07, 6.45) is 1.86. The Kier molecular flexibility index (Phi) is 9.01. The molecule has 0 spiro atoms. The van der Waals surface area contributed by atoms with Gasteiger partial charge in [0.1, 0.15) is 6.04 Å². The van der Waals surface area contributed by atoms with Crippen LogP contribution in [0.3, 0.4) is 0 Å². The smallest absolute Gasteiger partial charge is 0.258 e. The fourth-order valence-electron chi connectivity index (χ4n) is 2.17. The number of hydrogen-bond acceptors (Lipinski definition) is 4. The number of nitrogens with one attached hydrogen (secondary N) is 2. The SMILES string of the molecule is CCC(CC)=NNC(=O)[C@H](CC(C)C)NS(=O)(=O)c1ccc(I)cc1. The normalized spacial score (nSPS) is 12.7. The number of rotatable bonds is 9. The van der Waals surface area contributed by atoms with E-state index in [-0.39, 0.29) is 10.8 Å². The number of nitrogens with zero attached hydrogens (tertiary/aromatic N) is 1. The van der Waals surface area contributed by atoms with Gasteiger partial charge in [0, 0.05) is 9.28 Å². The van der Waals surface area contributed by atoms with E-state index >= 15 is 0 Å². The van der Waals surface area contributed by atoms with Crippen LogP contribution in [-0.2, 0) is 14.8 Å². The number of sulfonamides is 1. The van der Waals surface area contributed by atoms with Gasteiger partial charge in [-0.1, -0.05) is 27.7 Å². The van der Waals surface area contributed by atoms with Crippen LogP contribution in [0.25, 0.3) is 0 Å². The van der Waals surface area contributed by atoms with Gasteiger partial charge in [-0.05, 0) is 72.0 Å². The number of amides is 1. The van der Waals surface area contributed by atoms with E-state index in [0.717, 1.165) is 22.1 Å². The average Bonchev–Trinajstić information content (AvgIpc) is 2.54. The minimum Gasteiger partial charge on any atom is -0.271 e. The molecule has 0 radical (unpaired) electrons. The summed E-state index contributed by atoms with van der Waals surface area (Å²) in [5, 5.41) is 4.08. The molecule has 1 aromatic rings. The van der Waals surface area contributed by atoms with Crippen molar-refractivity contribution in [3.05, 3.63) is 27.8 Å². The lowest BCUT2D eigenvalue weighted by atomic mass is 10.0. The quantitative estimate of drug-likeness (QED) is 0.324. The highest BCUT2D eigenvalue weighted by Gasteiger charge is 2.26. The van der Waals surface area contributed by atoms with E-state index in [1.54, 1.807) is 12.1 Å². The molecule has 0 aliphatic rings. The molecule has 25 heavy (non-hydrogen) atoms. The second-order valence-corrected chi connectivity index (χ2v) is 9.08. The van der Waals surface area contributed by atoms with Crippen LogP contribution in [0, 0.1) is 9.49 Å². The molecule has 1 rings (SSSR count). The van der Waals surface area contributed by atoms with Crippen molar-refractivity contribution in [1.29, 1.82) is 0 Å². The molecular formula is C17H26IN3O3S. The lowest BCUT2D eigenvalue weighted by molar-refractivity contribution is -0.123. The topological polar surface area (TPSA) is 87.6 Å². The molecule has 0 heterocycles. The summed E-state index contributed by atoms with van der Waals surface area (Å²) in [4.78, 5) is 12.6. The van der Waals surface area contributed by atoms with Crippen LogP contribution in [0.2, 0.25) is 0 Å². The molecule has 8 heteroatoms. The third kappa shape index (κ3) is 7.41. The first-order valence-corrected chi connectivity index (χ1v) is 10.9. The van der Waals surface area contributed by atoms with E-state index in [2.05, 4.69) is 37.8 Å². The highest BCUT2D eigenvalue weighted by Crippen LogP contribution is 2.14. The summed E-state index contributed by atoms with van der Waals surface area (Å²) in [5.41, 5.74) is 3.35. The predicted octanol–water partition coefficient (Wildman–Crippen LogP) is 3.28. The lowest BCUT2D eigenvalue weighted by Crippen LogP contribution is -2.46. The van der Waals surface area contributed by atoms with Crippen LogP contribution in [-0.4, -0.2) is 26.1 Å². The van der Waals surface area contributed by atoms with E-state index in [1.165, 1.54) is 12.1 Å². The number of carbonyl (C=O) groups excluding carboxylic acids is 1. The van der Waals surface area contributed by atoms with Crippen molar-refractivity contribution in [1.82, 2.24) is 10.1 Å². The van der Waals surface area contributed by atoms with Crippen LogP contribution in [0.15, 0.2) is 34.3 Å². The monoisotopic (exact) mass is 479 g/mol. The number of benzene rings is 1. The van der Waals surface area contributed by atoms with Crippen molar-refractivity contribution in [3.8, 4) is 0 Å². The molecule has 0 aromatic heterocycles. The number of halogens is 1. The molecule has 140 valence electrons. The third-order valence-electron chi connectivity index (χ3n) is 3.59. The highest BCUT2D eigenvalue weighted by atomic mass is 127. The van der Waals surface area contributed by atoms with Gasteiger partial charge in [0.15, 0.2) is 0 Å². The first kappa shape index (κ1) is 22.0. The van der Waals surface area contributed by atoms with E-state index in [4.69, 9.17) is 0 Å². The zero-order valence-corrected chi connectivity index (χ0v) is 18.0. The van der Waals surface area contributed by atoms with Crippen molar-refractivity contribution < 1.29 is 13.2 Å². The molecule has 1 amide bonds. The summed E-state index contributed by atoms with van der Waals surface area (Å²) in [7, 11) is -3.78. The number of hydrazone groups is 1. The molecule has 1 atom stereocenters. The van der Waals surface area contributed by atoms with Gasteiger partial charge in [0.2, 0.25) is 10.0 Å². The van der Waals surface area contributed by atoms with Crippen LogP contribution < -0.4 is 10.1 Å². The van der Waals surface area contributed by atoms with Gasteiger partial charge in [-0.15, -0.1) is 0 Å². The van der Waals surface area contributed by atoms with E-state index < -0.39 is 22.0 Å². The van der Waals surface area contributed by atoms with E-state index in [9.17, 15) is 13.2 Å². The molecule has 0 aliphatic heterocycles. The second-order valence-electron chi connectivity index (χ2n) is 6.12. The standard InChI is InChI=1S/C17H26IN3O3S/c1-5-14(6-2)19-20-17(22)16(11-12(3)4)21-25(23,24)15-9-7-13(18)8-10-15/h7-10,12,16,21H,5-6,11H2,1-4H3,(H,20,22)/t16-/m0/s1. The Balaban J connectivity index is 2.96. The van der Waals surface area contributed by atoms with Gasteiger partial charge < -0.3 is 0 Å². The zero-order chi connectivity index (χ0) is 19.0. The summed E-state index contributed by atoms with van der Waals surface area (Å²) in [6.45, 7) is 7.79. The van der Waals surface area contributed by atoms with Crippen LogP contribution in [0.5, 0.6) is 0 Å². The molecule has 2 N–H and O–H groups in total. The number of carbonyl (C=O) groups is 1. The number of hydrogen-bond donors (Lipinski definition) is 2. The Morgan fingerprint density at radius 2 is 1.72 bits per heavy atom. The van der Waals surface area contributed by atoms with E-state index in [0.29, 0.717) is 6.42 Å². The van der Waals surface area contributed by atoms with Crippen molar-refractivity contribution >= 4 is 44.2 Å². The van der Waals surface area contributed by atoms with Gasteiger partial charge in [-0.2, -0.15) is 9.82 Å².